The number of nitrogens with zero attached hydrogens (tertiary/aromatic N) is 3. The van der Waals surface area contributed by atoms with Crippen molar-refractivity contribution in [2.75, 3.05) is 0 Å². The number of para-hydroxylation sites is 1. The SMILES string of the molecule is c1ccc(-c2ccc(-c3nc(-c4ccccc4)c(-c4cccc(-c5nc6ccccc6c6c5ccc5c7ccccc7sc56)c4)c(-c4ccccc4)n3)cc2)cc1. The Labute approximate surface area is 334 Å². The van der Waals surface area contributed by atoms with E-state index in [4.69, 9.17) is 15.0 Å². The molecule has 3 nitrogen and oxygen atoms in total. The maximum Gasteiger partial charge on any atom is 0.160 e. The molecule has 3 aromatic heterocycles. The van der Waals surface area contributed by atoms with Gasteiger partial charge in [-0.05, 0) is 34.9 Å². The fourth-order valence-electron chi connectivity index (χ4n) is 8.17. The molecular weight excluding hydrogens is 711 g/mol. The Morgan fingerprint density at radius 2 is 0.842 bits per heavy atom. The molecule has 3 heterocycles. The summed E-state index contributed by atoms with van der Waals surface area (Å²) < 4.78 is 2.59. The molecule has 0 fully saturated rings. The number of hydrogen-bond donors (Lipinski definition) is 0. The molecule has 0 spiro atoms. The number of hydrogen-bond acceptors (Lipinski definition) is 4. The van der Waals surface area contributed by atoms with Crippen molar-refractivity contribution in [1.29, 1.82) is 0 Å². The molecule has 4 heteroatoms. The van der Waals surface area contributed by atoms with Crippen LogP contribution in [0.2, 0.25) is 0 Å². The topological polar surface area (TPSA) is 38.7 Å². The van der Waals surface area contributed by atoms with Crippen LogP contribution in [-0.2, 0) is 0 Å². The van der Waals surface area contributed by atoms with Gasteiger partial charge in [-0.15, -0.1) is 11.3 Å². The van der Waals surface area contributed by atoms with Crippen LogP contribution in [0.3, 0.4) is 0 Å². The third-order valence-electron chi connectivity index (χ3n) is 10.9. The first-order valence-corrected chi connectivity index (χ1v) is 20.0. The average molecular weight is 744 g/mol. The minimum atomic E-state index is 0.682. The average Bonchev–Trinajstić information content (AvgIpc) is 3.68. The first kappa shape index (κ1) is 33.1. The predicted molar refractivity (Wildman–Crippen MR) is 240 cm³/mol. The smallest absolute Gasteiger partial charge is 0.160 e. The van der Waals surface area contributed by atoms with E-state index >= 15 is 0 Å². The number of aromatic nitrogens is 3. The molecule has 0 N–H and O–H groups in total. The molecule has 0 aliphatic rings. The highest BCUT2D eigenvalue weighted by atomic mass is 32.1. The Kier molecular flexibility index (Phi) is 8.01. The second kappa shape index (κ2) is 13.8. The van der Waals surface area contributed by atoms with Crippen LogP contribution in [0.4, 0.5) is 0 Å². The lowest BCUT2D eigenvalue weighted by molar-refractivity contribution is 1.18. The van der Waals surface area contributed by atoms with E-state index in [9.17, 15) is 0 Å². The summed E-state index contributed by atoms with van der Waals surface area (Å²) in [7, 11) is 0. The fraction of sp³-hybridized carbons (Fsp3) is 0. The zero-order chi connectivity index (χ0) is 37.7. The number of rotatable bonds is 6. The molecule has 0 aliphatic carbocycles. The molecule has 0 bridgehead atoms. The minimum Gasteiger partial charge on any atom is -0.247 e. The van der Waals surface area contributed by atoms with Crippen molar-refractivity contribution in [1.82, 2.24) is 15.0 Å². The molecule has 0 atom stereocenters. The highest BCUT2D eigenvalue weighted by Gasteiger charge is 2.22. The Bertz CT molecular complexity index is 3200. The Morgan fingerprint density at radius 1 is 0.316 bits per heavy atom. The van der Waals surface area contributed by atoms with E-state index in [0.717, 1.165) is 66.9 Å². The van der Waals surface area contributed by atoms with E-state index in [1.807, 2.05) is 17.4 Å². The second-order valence-electron chi connectivity index (χ2n) is 14.3. The molecule has 0 saturated carbocycles. The molecular formula is C53H33N3S. The van der Waals surface area contributed by atoms with Crippen molar-refractivity contribution < 1.29 is 0 Å². The molecule has 57 heavy (non-hydrogen) atoms. The van der Waals surface area contributed by atoms with Gasteiger partial charge in [-0.1, -0.05) is 182 Å². The maximum absolute atomic E-state index is 5.40. The normalized spacial score (nSPS) is 11.5. The van der Waals surface area contributed by atoms with Crippen LogP contribution in [0.25, 0.3) is 109 Å². The highest BCUT2D eigenvalue weighted by molar-refractivity contribution is 7.26. The first-order chi connectivity index (χ1) is 28.3. The first-order valence-electron chi connectivity index (χ1n) is 19.2. The quantitative estimate of drug-likeness (QED) is 0.159. The van der Waals surface area contributed by atoms with Gasteiger partial charge in [0.25, 0.3) is 0 Å². The number of thiophene rings is 1. The van der Waals surface area contributed by atoms with Gasteiger partial charge < -0.3 is 0 Å². The van der Waals surface area contributed by atoms with Crippen LogP contribution in [-0.4, -0.2) is 15.0 Å². The van der Waals surface area contributed by atoms with Crippen LogP contribution >= 0.6 is 11.3 Å². The third-order valence-corrected chi connectivity index (χ3v) is 12.1. The molecule has 0 aliphatic heterocycles. The molecule has 11 aromatic rings. The Hall–Kier alpha value is -7.27. The van der Waals surface area contributed by atoms with Gasteiger partial charge in [0.2, 0.25) is 0 Å². The van der Waals surface area contributed by atoms with Crippen LogP contribution in [0, 0.1) is 0 Å². The van der Waals surface area contributed by atoms with Gasteiger partial charge in [0.15, 0.2) is 5.82 Å². The fourth-order valence-corrected chi connectivity index (χ4v) is 9.44. The Balaban J connectivity index is 1.15. The van der Waals surface area contributed by atoms with Crippen molar-refractivity contribution in [3.63, 3.8) is 0 Å². The third kappa shape index (κ3) is 5.78. The van der Waals surface area contributed by atoms with E-state index in [2.05, 4.69) is 194 Å². The summed E-state index contributed by atoms with van der Waals surface area (Å²) in [5, 5.41) is 6.14. The maximum atomic E-state index is 5.40. The Morgan fingerprint density at radius 3 is 1.54 bits per heavy atom. The van der Waals surface area contributed by atoms with E-state index in [1.54, 1.807) is 0 Å². The van der Waals surface area contributed by atoms with E-state index in [0.29, 0.717) is 5.82 Å². The molecule has 11 rings (SSSR count). The number of benzene rings is 8. The van der Waals surface area contributed by atoms with E-state index in [-0.39, 0.29) is 0 Å². The molecule has 266 valence electrons. The van der Waals surface area contributed by atoms with Crippen LogP contribution in [0.1, 0.15) is 0 Å². The monoisotopic (exact) mass is 743 g/mol. The molecule has 0 unspecified atom stereocenters. The van der Waals surface area contributed by atoms with Crippen LogP contribution in [0.5, 0.6) is 0 Å². The lowest BCUT2D eigenvalue weighted by Gasteiger charge is -2.18. The van der Waals surface area contributed by atoms with Crippen molar-refractivity contribution in [3.8, 4) is 67.4 Å². The minimum absolute atomic E-state index is 0.682. The van der Waals surface area contributed by atoms with Gasteiger partial charge in [0, 0.05) is 64.1 Å². The van der Waals surface area contributed by atoms with Crippen molar-refractivity contribution in [3.05, 3.63) is 200 Å². The second-order valence-corrected chi connectivity index (χ2v) is 15.4. The number of fused-ring (bicyclic) bond motifs is 7. The molecule has 0 saturated heterocycles. The molecule has 0 amide bonds. The summed E-state index contributed by atoms with van der Waals surface area (Å²) in [5.74, 6) is 0.682. The summed E-state index contributed by atoms with van der Waals surface area (Å²) in [4.78, 5) is 16.2. The highest BCUT2D eigenvalue weighted by Crippen LogP contribution is 2.45. The zero-order valence-electron chi connectivity index (χ0n) is 30.8. The summed E-state index contributed by atoms with van der Waals surface area (Å²) in [6.45, 7) is 0. The summed E-state index contributed by atoms with van der Waals surface area (Å²) in [6.07, 6.45) is 0. The van der Waals surface area contributed by atoms with Gasteiger partial charge in [-0.3, -0.25) is 0 Å². The lowest BCUT2D eigenvalue weighted by Crippen LogP contribution is -2.01. The van der Waals surface area contributed by atoms with Gasteiger partial charge >= 0.3 is 0 Å². The largest absolute Gasteiger partial charge is 0.247 e. The van der Waals surface area contributed by atoms with Gasteiger partial charge in [-0.2, -0.15) is 0 Å². The molecule has 8 aromatic carbocycles. The van der Waals surface area contributed by atoms with Gasteiger partial charge in [-0.25, -0.2) is 15.0 Å². The van der Waals surface area contributed by atoms with Crippen molar-refractivity contribution in [2.45, 2.75) is 0 Å². The standard InChI is InChI=1S/C53H33N3S/c1-4-15-34(16-5-1)35-27-29-38(30-28-35)53-55-50(36-17-6-2-7-18-36)47(51(56-53)37-19-8-3-9-20-37)39-21-14-22-40(33-39)49-44-32-31-42-41-23-11-13-26-46(41)57-52(42)48(44)43-24-10-12-25-45(43)54-49/h1-33H. The van der Waals surface area contributed by atoms with E-state index in [1.165, 1.54) is 36.5 Å². The predicted octanol–water partition coefficient (Wildman–Crippen LogP) is 14.5. The van der Waals surface area contributed by atoms with E-state index < -0.39 is 0 Å². The van der Waals surface area contributed by atoms with Crippen molar-refractivity contribution >= 4 is 53.2 Å². The van der Waals surface area contributed by atoms with Crippen LogP contribution in [0.15, 0.2) is 200 Å². The van der Waals surface area contributed by atoms with Crippen LogP contribution < -0.4 is 0 Å². The van der Waals surface area contributed by atoms with Gasteiger partial charge in [0.1, 0.15) is 0 Å². The summed E-state index contributed by atoms with van der Waals surface area (Å²) >= 11 is 1.86. The van der Waals surface area contributed by atoms with Gasteiger partial charge in [0.05, 0.1) is 22.6 Å². The number of pyridine rings is 1. The van der Waals surface area contributed by atoms with Crippen molar-refractivity contribution in [2.24, 2.45) is 0 Å². The molecule has 0 radical (unpaired) electrons. The lowest BCUT2D eigenvalue weighted by atomic mass is 9.91. The zero-order valence-corrected chi connectivity index (χ0v) is 31.6. The summed E-state index contributed by atoms with van der Waals surface area (Å²) in [5.41, 5.74) is 12.1. The summed E-state index contributed by atoms with van der Waals surface area (Å²) in [6, 6.07) is 70.6.